The first-order chi connectivity index (χ1) is 9.16. The van der Waals surface area contributed by atoms with E-state index < -0.39 is 5.91 Å². The van der Waals surface area contributed by atoms with Crippen molar-refractivity contribution in [2.45, 2.75) is 19.3 Å². The number of anilines is 1. The van der Waals surface area contributed by atoms with Crippen LogP contribution in [0.2, 0.25) is 0 Å². The Morgan fingerprint density at radius 3 is 2.68 bits per heavy atom. The lowest BCUT2D eigenvalue weighted by Gasteiger charge is -2.26. The van der Waals surface area contributed by atoms with Crippen LogP contribution in [-0.4, -0.2) is 37.0 Å². The molecular formula is C14H21N3O2. The van der Waals surface area contributed by atoms with Gasteiger partial charge in [-0.25, -0.2) is 0 Å². The molecule has 0 bridgehead atoms. The lowest BCUT2D eigenvalue weighted by atomic mass is 10.1. The van der Waals surface area contributed by atoms with Gasteiger partial charge in [-0.1, -0.05) is 6.42 Å². The number of nitrogens with two attached hydrogens (primary N) is 2. The van der Waals surface area contributed by atoms with Crippen molar-refractivity contribution >= 4 is 11.6 Å². The molecule has 2 rings (SSSR count). The van der Waals surface area contributed by atoms with Gasteiger partial charge >= 0.3 is 0 Å². The zero-order valence-electron chi connectivity index (χ0n) is 11.1. The van der Waals surface area contributed by atoms with E-state index in [1.54, 1.807) is 18.2 Å². The Labute approximate surface area is 113 Å². The molecule has 1 amide bonds. The smallest absolute Gasteiger partial charge is 0.248 e. The highest BCUT2D eigenvalue weighted by molar-refractivity contribution is 5.93. The molecule has 19 heavy (non-hydrogen) atoms. The molecule has 0 saturated carbocycles. The fraction of sp³-hybridized carbons (Fsp3) is 0.500. The van der Waals surface area contributed by atoms with Crippen molar-refractivity contribution in [2.24, 2.45) is 5.73 Å². The topological polar surface area (TPSA) is 81.6 Å². The maximum absolute atomic E-state index is 11.1. The third-order valence-electron chi connectivity index (χ3n) is 3.41. The molecule has 0 atom stereocenters. The molecular weight excluding hydrogens is 242 g/mol. The van der Waals surface area contributed by atoms with Crippen molar-refractivity contribution in [2.75, 3.05) is 32.0 Å². The third kappa shape index (κ3) is 3.86. The molecule has 1 heterocycles. The highest BCUT2D eigenvalue weighted by Gasteiger charge is 2.10. The van der Waals surface area contributed by atoms with Crippen LogP contribution in [0.1, 0.15) is 29.6 Å². The molecule has 104 valence electrons. The molecule has 0 aromatic heterocycles. The number of carbonyl (C=O) groups excluding carboxylic acids is 1. The molecule has 1 aliphatic rings. The van der Waals surface area contributed by atoms with Crippen LogP contribution in [-0.2, 0) is 0 Å². The number of amides is 1. The van der Waals surface area contributed by atoms with Crippen LogP contribution in [0.15, 0.2) is 18.2 Å². The van der Waals surface area contributed by atoms with Crippen molar-refractivity contribution < 1.29 is 9.53 Å². The van der Waals surface area contributed by atoms with Crippen LogP contribution >= 0.6 is 0 Å². The van der Waals surface area contributed by atoms with Crippen molar-refractivity contribution in [3.05, 3.63) is 23.8 Å². The van der Waals surface area contributed by atoms with Crippen LogP contribution in [0.4, 0.5) is 5.69 Å². The summed E-state index contributed by atoms with van der Waals surface area (Å²) in [6.07, 6.45) is 3.85. The summed E-state index contributed by atoms with van der Waals surface area (Å²) in [6.45, 7) is 3.74. The number of hydrogen-bond acceptors (Lipinski definition) is 4. The Morgan fingerprint density at radius 2 is 2.00 bits per heavy atom. The van der Waals surface area contributed by atoms with E-state index in [2.05, 4.69) is 4.90 Å². The van der Waals surface area contributed by atoms with E-state index in [-0.39, 0.29) is 0 Å². The molecule has 0 unspecified atom stereocenters. The minimum atomic E-state index is -0.471. The standard InChI is InChI=1S/C14H21N3O2/c15-12-5-4-11(14(16)18)10-13(12)19-9-8-17-6-2-1-3-7-17/h4-5,10H,1-3,6-9,15H2,(H2,16,18). The van der Waals surface area contributed by atoms with Gasteiger partial charge in [-0.3, -0.25) is 9.69 Å². The maximum atomic E-state index is 11.1. The molecule has 1 aromatic carbocycles. The minimum absolute atomic E-state index is 0.419. The fourth-order valence-corrected chi connectivity index (χ4v) is 2.28. The van der Waals surface area contributed by atoms with Gasteiger partial charge in [0, 0.05) is 12.1 Å². The summed E-state index contributed by atoms with van der Waals surface area (Å²) in [4.78, 5) is 13.5. The Hall–Kier alpha value is -1.75. The average Bonchev–Trinajstić information content (AvgIpc) is 2.42. The molecule has 5 heteroatoms. The highest BCUT2D eigenvalue weighted by Crippen LogP contribution is 2.22. The molecule has 1 fully saturated rings. The van der Waals surface area contributed by atoms with Gasteiger partial charge in [0.1, 0.15) is 12.4 Å². The van der Waals surface area contributed by atoms with E-state index >= 15 is 0 Å². The first-order valence-corrected chi connectivity index (χ1v) is 6.71. The quantitative estimate of drug-likeness (QED) is 0.783. The van der Waals surface area contributed by atoms with Crippen LogP contribution in [0, 0.1) is 0 Å². The predicted octanol–water partition coefficient (Wildman–Crippen LogP) is 1.23. The summed E-state index contributed by atoms with van der Waals surface area (Å²) in [7, 11) is 0. The number of piperidine rings is 1. The summed E-state index contributed by atoms with van der Waals surface area (Å²) in [6, 6.07) is 4.86. The van der Waals surface area contributed by atoms with Crippen LogP contribution in [0.25, 0.3) is 0 Å². The van der Waals surface area contributed by atoms with E-state index in [4.69, 9.17) is 16.2 Å². The van der Waals surface area contributed by atoms with Crippen molar-refractivity contribution in [3.63, 3.8) is 0 Å². The van der Waals surface area contributed by atoms with Gasteiger partial charge in [0.15, 0.2) is 0 Å². The number of rotatable bonds is 5. The summed E-state index contributed by atoms with van der Waals surface area (Å²) >= 11 is 0. The molecule has 4 N–H and O–H groups in total. The average molecular weight is 263 g/mol. The number of benzene rings is 1. The Balaban J connectivity index is 1.87. The minimum Gasteiger partial charge on any atom is -0.490 e. The van der Waals surface area contributed by atoms with Crippen molar-refractivity contribution in [3.8, 4) is 5.75 Å². The lowest BCUT2D eigenvalue weighted by Crippen LogP contribution is -2.33. The molecule has 0 radical (unpaired) electrons. The third-order valence-corrected chi connectivity index (χ3v) is 3.41. The normalized spacial score (nSPS) is 16.2. The van der Waals surface area contributed by atoms with E-state index in [1.807, 2.05) is 0 Å². The van der Waals surface area contributed by atoms with Crippen LogP contribution < -0.4 is 16.2 Å². The second kappa shape index (κ2) is 6.43. The first kappa shape index (κ1) is 13.7. The number of carbonyl (C=O) groups is 1. The van der Waals surface area contributed by atoms with E-state index in [1.165, 1.54) is 19.3 Å². The number of nitrogen functional groups attached to an aromatic ring is 1. The van der Waals surface area contributed by atoms with Gasteiger partial charge in [-0.05, 0) is 44.1 Å². The Morgan fingerprint density at radius 1 is 1.26 bits per heavy atom. The van der Waals surface area contributed by atoms with E-state index in [0.717, 1.165) is 19.6 Å². The summed E-state index contributed by atoms with van der Waals surface area (Å²) in [5, 5.41) is 0. The molecule has 1 aliphatic heterocycles. The van der Waals surface area contributed by atoms with Crippen LogP contribution in [0.5, 0.6) is 5.75 Å². The number of nitrogens with zero attached hydrogens (tertiary/aromatic N) is 1. The molecule has 1 saturated heterocycles. The number of ether oxygens (including phenoxy) is 1. The second-order valence-corrected chi connectivity index (χ2v) is 4.87. The summed E-state index contributed by atoms with van der Waals surface area (Å²) in [5.41, 5.74) is 12.0. The molecule has 0 aliphatic carbocycles. The zero-order valence-corrected chi connectivity index (χ0v) is 11.1. The predicted molar refractivity (Wildman–Crippen MR) is 75.2 cm³/mol. The number of hydrogen-bond donors (Lipinski definition) is 2. The number of primary amides is 1. The van der Waals surface area contributed by atoms with Gasteiger partial charge in [0.2, 0.25) is 5.91 Å². The van der Waals surface area contributed by atoms with Gasteiger partial charge < -0.3 is 16.2 Å². The Kier molecular flexibility index (Phi) is 4.63. The summed E-state index contributed by atoms with van der Waals surface area (Å²) in [5.74, 6) is 0.0641. The van der Waals surface area contributed by atoms with Crippen molar-refractivity contribution in [1.82, 2.24) is 4.90 Å². The van der Waals surface area contributed by atoms with E-state index in [9.17, 15) is 4.79 Å². The van der Waals surface area contributed by atoms with Gasteiger partial charge in [0.05, 0.1) is 5.69 Å². The fourth-order valence-electron chi connectivity index (χ4n) is 2.28. The van der Waals surface area contributed by atoms with Gasteiger partial charge in [0.25, 0.3) is 0 Å². The van der Waals surface area contributed by atoms with Gasteiger partial charge in [-0.2, -0.15) is 0 Å². The molecule has 5 nitrogen and oxygen atoms in total. The van der Waals surface area contributed by atoms with E-state index in [0.29, 0.717) is 23.6 Å². The second-order valence-electron chi connectivity index (χ2n) is 4.87. The highest BCUT2D eigenvalue weighted by atomic mass is 16.5. The van der Waals surface area contributed by atoms with Gasteiger partial charge in [-0.15, -0.1) is 0 Å². The maximum Gasteiger partial charge on any atom is 0.248 e. The molecule has 0 spiro atoms. The summed E-state index contributed by atoms with van der Waals surface area (Å²) < 4.78 is 5.66. The Bertz CT molecular complexity index is 442. The number of likely N-dealkylation sites (tertiary alicyclic amines) is 1. The first-order valence-electron chi connectivity index (χ1n) is 6.71. The monoisotopic (exact) mass is 263 g/mol. The lowest BCUT2D eigenvalue weighted by molar-refractivity contribution is 0.0999. The van der Waals surface area contributed by atoms with Crippen LogP contribution in [0.3, 0.4) is 0 Å². The largest absolute Gasteiger partial charge is 0.490 e. The zero-order chi connectivity index (χ0) is 13.7. The molecule has 1 aromatic rings. The SMILES string of the molecule is NC(=O)c1ccc(N)c(OCCN2CCCCC2)c1. The van der Waals surface area contributed by atoms with Crippen molar-refractivity contribution in [1.29, 1.82) is 0 Å².